The first-order valence-corrected chi connectivity index (χ1v) is 8.31. The Morgan fingerprint density at radius 3 is 2.00 bits per heavy atom. The second-order valence-electron chi connectivity index (χ2n) is 6.19. The van der Waals surface area contributed by atoms with Crippen molar-refractivity contribution in [2.45, 2.75) is 6.42 Å². The zero-order chi connectivity index (χ0) is 18.7. The molecule has 7 heteroatoms. The fourth-order valence-electron chi connectivity index (χ4n) is 2.94. The second-order valence-corrected chi connectivity index (χ2v) is 6.19. The molecule has 2 aromatic rings. The van der Waals surface area contributed by atoms with Crippen LogP contribution < -0.4 is 5.73 Å². The number of benzene rings is 2. The molecule has 136 valence electrons. The number of nitrogen functional groups attached to an aromatic ring is 1. The Hall–Kier alpha value is -2.96. The van der Waals surface area contributed by atoms with Crippen LogP contribution in [-0.2, 0) is 11.2 Å². The van der Waals surface area contributed by atoms with Crippen molar-refractivity contribution in [3.8, 4) is 0 Å². The molecule has 0 spiro atoms. The Balaban J connectivity index is 1.59. The van der Waals surface area contributed by atoms with Gasteiger partial charge in [-0.2, -0.15) is 0 Å². The van der Waals surface area contributed by atoms with Crippen molar-refractivity contribution in [2.75, 3.05) is 31.9 Å². The van der Waals surface area contributed by atoms with E-state index >= 15 is 0 Å². The summed E-state index contributed by atoms with van der Waals surface area (Å²) in [6, 6.07) is 10.4. The molecule has 0 atom stereocenters. The van der Waals surface area contributed by atoms with Crippen LogP contribution in [0.1, 0.15) is 15.9 Å². The largest absolute Gasteiger partial charge is 0.399 e. The molecule has 2 aromatic carbocycles. The molecule has 1 fully saturated rings. The van der Waals surface area contributed by atoms with Crippen molar-refractivity contribution in [3.63, 3.8) is 0 Å². The van der Waals surface area contributed by atoms with Crippen molar-refractivity contribution < 1.29 is 18.4 Å². The first-order valence-electron chi connectivity index (χ1n) is 8.31. The Labute approximate surface area is 150 Å². The van der Waals surface area contributed by atoms with E-state index in [0.717, 1.165) is 17.7 Å². The quantitative estimate of drug-likeness (QED) is 0.854. The van der Waals surface area contributed by atoms with Gasteiger partial charge in [0.05, 0.1) is 6.42 Å². The molecule has 1 saturated heterocycles. The SMILES string of the molecule is Nc1ccc(CC(=O)N2CCN(C(=O)c3c(F)cccc3F)CC2)cc1. The minimum Gasteiger partial charge on any atom is -0.399 e. The number of nitrogens with two attached hydrogens (primary N) is 1. The van der Waals surface area contributed by atoms with Crippen LogP contribution in [0.15, 0.2) is 42.5 Å². The van der Waals surface area contributed by atoms with Gasteiger partial charge < -0.3 is 15.5 Å². The number of amides is 2. The molecule has 2 N–H and O–H groups in total. The summed E-state index contributed by atoms with van der Waals surface area (Å²) in [5.41, 5.74) is 6.57. The van der Waals surface area contributed by atoms with Crippen molar-refractivity contribution in [2.24, 2.45) is 0 Å². The summed E-state index contributed by atoms with van der Waals surface area (Å²) in [5, 5.41) is 0. The molecule has 0 aromatic heterocycles. The van der Waals surface area contributed by atoms with E-state index in [4.69, 9.17) is 5.73 Å². The van der Waals surface area contributed by atoms with Crippen LogP contribution in [0.4, 0.5) is 14.5 Å². The number of rotatable bonds is 3. The topological polar surface area (TPSA) is 66.6 Å². The Kier molecular flexibility index (Phi) is 5.16. The van der Waals surface area contributed by atoms with Gasteiger partial charge in [0, 0.05) is 31.9 Å². The second kappa shape index (κ2) is 7.51. The maximum Gasteiger partial charge on any atom is 0.259 e. The fraction of sp³-hybridized carbons (Fsp3) is 0.263. The molecule has 0 aliphatic carbocycles. The highest BCUT2D eigenvalue weighted by Gasteiger charge is 2.28. The zero-order valence-corrected chi connectivity index (χ0v) is 14.1. The third-order valence-corrected chi connectivity index (χ3v) is 4.43. The van der Waals surface area contributed by atoms with Crippen LogP contribution in [0.3, 0.4) is 0 Å². The van der Waals surface area contributed by atoms with E-state index in [1.165, 1.54) is 11.0 Å². The number of carbonyl (C=O) groups is 2. The average molecular weight is 359 g/mol. The third kappa shape index (κ3) is 3.82. The van der Waals surface area contributed by atoms with Gasteiger partial charge in [0.25, 0.3) is 5.91 Å². The summed E-state index contributed by atoms with van der Waals surface area (Å²) in [4.78, 5) is 27.8. The van der Waals surface area contributed by atoms with Gasteiger partial charge in [-0.1, -0.05) is 18.2 Å². The minimum absolute atomic E-state index is 0.0565. The van der Waals surface area contributed by atoms with Crippen molar-refractivity contribution in [1.29, 1.82) is 0 Å². The van der Waals surface area contributed by atoms with Crippen LogP contribution in [0.25, 0.3) is 0 Å². The average Bonchev–Trinajstić information content (AvgIpc) is 2.63. The van der Waals surface area contributed by atoms with Gasteiger partial charge in [-0.3, -0.25) is 9.59 Å². The monoisotopic (exact) mass is 359 g/mol. The number of hydrogen-bond acceptors (Lipinski definition) is 3. The van der Waals surface area contributed by atoms with E-state index in [1.54, 1.807) is 29.2 Å². The number of piperazine rings is 1. The van der Waals surface area contributed by atoms with E-state index in [0.29, 0.717) is 18.8 Å². The fourth-order valence-corrected chi connectivity index (χ4v) is 2.94. The summed E-state index contributed by atoms with van der Waals surface area (Å²) in [5.74, 6) is -2.50. The van der Waals surface area contributed by atoms with E-state index in [-0.39, 0.29) is 25.4 Å². The van der Waals surface area contributed by atoms with Gasteiger partial charge in [0.15, 0.2) is 0 Å². The van der Waals surface area contributed by atoms with Gasteiger partial charge in [0.1, 0.15) is 17.2 Å². The lowest BCUT2D eigenvalue weighted by Crippen LogP contribution is -2.51. The van der Waals surface area contributed by atoms with Gasteiger partial charge in [0.2, 0.25) is 5.91 Å². The van der Waals surface area contributed by atoms with Crippen molar-refractivity contribution in [1.82, 2.24) is 9.80 Å². The number of carbonyl (C=O) groups excluding carboxylic acids is 2. The van der Waals surface area contributed by atoms with E-state index < -0.39 is 23.1 Å². The normalized spacial score (nSPS) is 14.4. The third-order valence-electron chi connectivity index (χ3n) is 4.43. The highest BCUT2D eigenvalue weighted by Crippen LogP contribution is 2.16. The smallest absolute Gasteiger partial charge is 0.259 e. The summed E-state index contributed by atoms with van der Waals surface area (Å²) in [6.45, 7) is 1.13. The summed E-state index contributed by atoms with van der Waals surface area (Å²) >= 11 is 0. The molecule has 1 heterocycles. The lowest BCUT2D eigenvalue weighted by molar-refractivity contribution is -0.131. The van der Waals surface area contributed by atoms with Crippen LogP contribution in [0.5, 0.6) is 0 Å². The van der Waals surface area contributed by atoms with Crippen molar-refractivity contribution >= 4 is 17.5 Å². The number of halogens is 2. The highest BCUT2D eigenvalue weighted by atomic mass is 19.1. The molecule has 2 amide bonds. The molecule has 1 aliphatic heterocycles. The van der Waals surface area contributed by atoms with Crippen LogP contribution in [0.2, 0.25) is 0 Å². The molecular formula is C19H19F2N3O2. The minimum atomic E-state index is -0.878. The molecule has 3 rings (SSSR count). The van der Waals surface area contributed by atoms with Crippen LogP contribution in [-0.4, -0.2) is 47.8 Å². The maximum atomic E-state index is 13.8. The first kappa shape index (κ1) is 17.8. The molecule has 26 heavy (non-hydrogen) atoms. The molecule has 5 nitrogen and oxygen atoms in total. The summed E-state index contributed by atoms with van der Waals surface area (Å²) in [7, 11) is 0. The van der Waals surface area contributed by atoms with E-state index in [1.807, 2.05) is 0 Å². The number of hydrogen-bond donors (Lipinski definition) is 1. The Bertz CT molecular complexity index is 796. The summed E-state index contributed by atoms with van der Waals surface area (Å²) in [6.07, 6.45) is 0.246. The standard InChI is InChI=1S/C19H19F2N3O2/c20-15-2-1-3-16(21)18(15)19(26)24-10-8-23(9-11-24)17(25)12-13-4-6-14(22)7-5-13/h1-7H,8-12,22H2. The maximum absolute atomic E-state index is 13.8. The zero-order valence-electron chi connectivity index (χ0n) is 14.1. The number of nitrogens with zero attached hydrogens (tertiary/aromatic N) is 2. The van der Waals surface area contributed by atoms with Gasteiger partial charge >= 0.3 is 0 Å². The van der Waals surface area contributed by atoms with Crippen LogP contribution in [0, 0.1) is 11.6 Å². The van der Waals surface area contributed by atoms with Gasteiger partial charge in [-0.15, -0.1) is 0 Å². The Morgan fingerprint density at radius 2 is 1.42 bits per heavy atom. The van der Waals surface area contributed by atoms with Gasteiger partial charge in [-0.05, 0) is 29.8 Å². The molecule has 0 bridgehead atoms. The van der Waals surface area contributed by atoms with Gasteiger partial charge in [-0.25, -0.2) is 8.78 Å². The molecule has 0 radical (unpaired) electrons. The summed E-state index contributed by atoms with van der Waals surface area (Å²) < 4.78 is 27.5. The predicted octanol–water partition coefficient (Wildman–Crippen LogP) is 2.07. The predicted molar refractivity (Wildman–Crippen MR) is 93.4 cm³/mol. The Morgan fingerprint density at radius 1 is 0.885 bits per heavy atom. The number of anilines is 1. The lowest BCUT2D eigenvalue weighted by Gasteiger charge is -2.35. The van der Waals surface area contributed by atoms with E-state index in [9.17, 15) is 18.4 Å². The first-order chi connectivity index (χ1) is 12.5. The van der Waals surface area contributed by atoms with Crippen LogP contribution >= 0.6 is 0 Å². The highest BCUT2D eigenvalue weighted by molar-refractivity contribution is 5.95. The molecule has 1 aliphatic rings. The molecular weight excluding hydrogens is 340 g/mol. The lowest BCUT2D eigenvalue weighted by atomic mass is 10.1. The van der Waals surface area contributed by atoms with E-state index in [2.05, 4.69) is 0 Å². The molecule has 0 saturated carbocycles. The van der Waals surface area contributed by atoms with Crippen molar-refractivity contribution in [3.05, 3.63) is 65.2 Å². The molecule has 0 unspecified atom stereocenters.